The summed E-state index contributed by atoms with van der Waals surface area (Å²) in [5.41, 5.74) is 7.81. The maximum absolute atomic E-state index is 5.97. The average Bonchev–Trinajstić information content (AvgIpc) is 2.75. The van der Waals surface area contributed by atoms with Crippen LogP contribution in [0.5, 0.6) is 0 Å². The first-order chi connectivity index (χ1) is 7.66. The van der Waals surface area contributed by atoms with Gasteiger partial charge in [-0.1, -0.05) is 0 Å². The number of ether oxygens (including phenoxy) is 1. The Morgan fingerprint density at radius 3 is 3.00 bits per heavy atom. The number of hydrogen-bond donors (Lipinski definition) is 2. The molecule has 2 atom stereocenters. The van der Waals surface area contributed by atoms with Crippen LogP contribution in [0.4, 0.5) is 11.4 Å². The molecule has 0 spiro atoms. The number of hydrogen-bond acceptors (Lipinski definition) is 3. The molecule has 2 unspecified atom stereocenters. The van der Waals surface area contributed by atoms with Crippen LogP contribution < -0.4 is 11.1 Å². The van der Waals surface area contributed by atoms with Crippen molar-refractivity contribution in [2.24, 2.45) is 5.92 Å². The number of halogens is 1. The van der Waals surface area contributed by atoms with Crippen LogP contribution in [0.15, 0.2) is 18.2 Å². The molecule has 0 aliphatic carbocycles. The molecule has 0 aromatic heterocycles. The molecule has 88 valence electrons. The number of nitrogen functional groups attached to an aromatic ring is 1. The van der Waals surface area contributed by atoms with Gasteiger partial charge in [0.1, 0.15) is 0 Å². The van der Waals surface area contributed by atoms with Crippen LogP contribution >= 0.6 is 22.6 Å². The van der Waals surface area contributed by atoms with Crippen molar-refractivity contribution < 1.29 is 4.74 Å². The molecule has 0 bridgehead atoms. The van der Waals surface area contributed by atoms with E-state index in [1.807, 2.05) is 12.1 Å². The van der Waals surface area contributed by atoms with Crippen LogP contribution in [0.1, 0.15) is 13.3 Å². The molecule has 0 amide bonds. The molecule has 1 aromatic carbocycles. The highest BCUT2D eigenvalue weighted by molar-refractivity contribution is 14.1. The Hall–Kier alpha value is -0.490. The van der Waals surface area contributed by atoms with Gasteiger partial charge < -0.3 is 15.8 Å². The van der Waals surface area contributed by atoms with Gasteiger partial charge in [-0.3, -0.25) is 0 Å². The average molecular weight is 332 g/mol. The molecule has 2 rings (SSSR count). The van der Waals surface area contributed by atoms with E-state index in [1.165, 1.54) is 0 Å². The number of anilines is 2. The third kappa shape index (κ3) is 2.79. The molecule has 0 saturated carbocycles. The molecule has 1 aliphatic heterocycles. The van der Waals surface area contributed by atoms with Gasteiger partial charge in [0.15, 0.2) is 0 Å². The molecule has 4 heteroatoms. The minimum absolute atomic E-state index is 0.407. The van der Waals surface area contributed by atoms with Crippen molar-refractivity contribution in [1.29, 1.82) is 0 Å². The van der Waals surface area contributed by atoms with E-state index in [-0.39, 0.29) is 0 Å². The van der Waals surface area contributed by atoms with Crippen LogP contribution in [0.2, 0.25) is 0 Å². The molecule has 1 aromatic rings. The first-order valence-electron chi connectivity index (χ1n) is 5.56. The van der Waals surface area contributed by atoms with Crippen molar-refractivity contribution in [3.63, 3.8) is 0 Å². The first kappa shape index (κ1) is 12.0. The van der Waals surface area contributed by atoms with Crippen LogP contribution in [0, 0.1) is 9.49 Å². The fourth-order valence-electron chi connectivity index (χ4n) is 1.98. The van der Waals surface area contributed by atoms with E-state index in [9.17, 15) is 0 Å². The SMILES string of the molecule is CC(Nc1ccc(I)cc1N)C1CCOC1. The van der Waals surface area contributed by atoms with Crippen molar-refractivity contribution in [2.75, 3.05) is 24.3 Å². The minimum Gasteiger partial charge on any atom is -0.397 e. The third-order valence-corrected chi connectivity index (χ3v) is 3.74. The Labute approximate surface area is 110 Å². The number of nitrogens with one attached hydrogen (secondary N) is 1. The van der Waals surface area contributed by atoms with Gasteiger partial charge in [-0.25, -0.2) is 0 Å². The molecule has 3 N–H and O–H groups in total. The lowest BCUT2D eigenvalue weighted by molar-refractivity contribution is 0.183. The lowest BCUT2D eigenvalue weighted by Gasteiger charge is -2.21. The van der Waals surface area contributed by atoms with Gasteiger partial charge in [-0.2, -0.15) is 0 Å². The van der Waals surface area contributed by atoms with Crippen molar-refractivity contribution >= 4 is 34.0 Å². The van der Waals surface area contributed by atoms with Crippen LogP contribution in [-0.2, 0) is 4.74 Å². The van der Waals surface area contributed by atoms with Gasteiger partial charge in [-0.05, 0) is 54.1 Å². The first-order valence-corrected chi connectivity index (χ1v) is 6.64. The molecular formula is C12H17IN2O. The number of rotatable bonds is 3. The summed E-state index contributed by atoms with van der Waals surface area (Å²) in [5, 5.41) is 3.47. The van der Waals surface area contributed by atoms with Crippen LogP contribution in [-0.4, -0.2) is 19.3 Å². The van der Waals surface area contributed by atoms with E-state index in [2.05, 4.69) is 40.9 Å². The van der Waals surface area contributed by atoms with Gasteiger partial charge in [0, 0.05) is 22.1 Å². The molecule has 0 radical (unpaired) electrons. The van der Waals surface area contributed by atoms with Gasteiger partial charge in [-0.15, -0.1) is 0 Å². The second kappa shape index (κ2) is 5.23. The zero-order valence-electron chi connectivity index (χ0n) is 9.37. The van der Waals surface area contributed by atoms with E-state index in [1.54, 1.807) is 0 Å². The monoisotopic (exact) mass is 332 g/mol. The Morgan fingerprint density at radius 2 is 2.38 bits per heavy atom. The van der Waals surface area contributed by atoms with Gasteiger partial charge in [0.05, 0.1) is 18.0 Å². The maximum atomic E-state index is 5.97. The van der Waals surface area contributed by atoms with E-state index in [0.717, 1.165) is 34.6 Å². The fraction of sp³-hybridized carbons (Fsp3) is 0.500. The van der Waals surface area contributed by atoms with Crippen molar-refractivity contribution in [3.8, 4) is 0 Å². The molecular weight excluding hydrogens is 315 g/mol. The highest BCUT2D eigenvalue weighted by atomic mass is 127. The smallest absolute Gasteiger partial charge is 0.0576 e. The molecule has 1 fully saturated rings. The zero-order chi connectivity index (χ0) is 11.5. The van der Waals surface area contributed by atoms with Crippen molar-refractivity contribution in [3.05, 3.63) is 21.8 Å². The van der Waals surface area contributed by atoms with Crippen molar-refractivity contribution in [2.45, 2.75) is 19.4 Å². The normalized spacial score (nSPS) is 22.0. The lowest BCUT2D eigenvalue weighted by Crippen LogP contribution is -2.26. The van der Waals surface area contributed by atoms with Gasteiger partial charge >= 0.3 is 0 Å². The third-order valence-electron chi connectivity index (χ3n) is 3.07. The predicted octanol–water partition coefficient (Wildman–Crippen LogP) is 2.71. The molecule has 3 nitrogen and oxygen atoms in total. The lowest BCUT2D eigenvalue weighted by atomic mass is 10.0. The summed E-state index contributed by atoms with van der Waals surface area (Å²) < 4.78 is 6.56. The molecule has 16 heavy (non-hydrogen) atoms. The Morgan fingerprint density at radius 1 is 1.56 bits per heavy atom. The maximum Gasteiger partial charge on any atom is 0.0576 e. The van der Waals surface area contributed by atoms with E-state index in [0.29, 0.717) is 12.0 Å². The van der Waals surface area contributed by atoms with Crippen molar-refractivity contribution in [1.82, 2.24) is 0 Å². The fourth-order valence-corrected chi connectivity index (χ4v) is 2.49. The van der Waals surface area contributed by atoms with E-state index >= 15 is 0 Å². The highest BCUT2D eigenvalue weighted by Crippen LogP contribution is 2.25. The second-order valence-electron chi connectivity index (χ2n) is 4.29. The van der Waals surface area contributed by atoms with Crippen LogP contribution in [0.3, 0.4) is 0 Å². The Kier molecular flexibility index (Phi) is 3.91. The molecule has 1 saturated heterocycles. The van der Waals surface area contributed by atoms with E-state index < -0.39 is 0 Å². The topological polar surface area (TPSA) is 47.3 Å². The minimum atomic E-state index is 0.407. The summed E-state index contributed by atoms with van der Waals surface area (Å²) in [6.45, 7) is 3.94. The van der Waals surface area contributed by atoms with E-state index in [4.69, 9.17) is 10.5 Å². The summed E-state index contributed by atoms with van der Waals surface area (Å²) in [5.74, 6) is 0.596. The summed E-state index contributed by atoms with van der Waals surface area (Å²) in [6, 6.07) is 6.51. The quantitative estimate of drug-likeness (QED) is 0.661. The molecule has 1 heterocycles. The summed E-state index contributed by atoms with van der Waals surface area (Å²) >= 11 is 2.27. The van der Waals surface area contributed by atoms with Gasteiger partial charge in [0.25, 0.3) is 0 Å². The number of nitrogens with two attached hydrogens (primary N) is 1. The Bertz CT molecular complexity index is 364. The highest BCUT2D eigenvalue weighted by Gasteiger charge is 2.22. The zero-order valence-corrected chi connectivity index (χ0v) is 11.5. The summed E-state index contributed by atoms with van der Waals surface area (Å²) in [7, 11) is 0. The second-order valence-corrected chi connectivity index (χ2v) is 5.53. The standard InChI is InChI=1S/C12H17IN2O/c1-8(9-4-5-16-7-9)15-12-3-2-10(13)6-11(12)14/h2-3,6,8-9,15H,4-5,7,14H2,1H3. The summed E-state index contributed by atoms with van der Waals surface area (Å²) in [6.07, 6.45) is 1.14. The largest absolute Gasteiger partial charge is 0.397 e. The van der Waals surface area contributed by atoms with Crippen LogP contribution in [0.25, 0.3) is 0 Å². The number of benzene rings is 1. The predicted molar refractivity (Wildman–Crippen MR) is 75.6 cm³/mol. The van der Waals surface area contributed by atoms with Gasteiger partial charge in [0.2, 0.25) is 0 Å². The molecule has 1 aliphatic rings. The summed E-state index contributed by atoms with van der Waals surface area (Å²) in [4.78, 5) is 0. The Balaban J connectivity index is 2.02.